The lowest BCUT2D eigenvalue weighted by Crippen LogP contribution is -2.00. The summed E-state index contributed by atoms with van der Waals surface area (Å²) in [6.07, 6.45) is -0.110. The number of halogens is 1. The number of carboxylic acids is 1. The molecule has 0 bridgehead atoms. The molecule has 5 heteroatoms. The van der Waals surface area contributed by atoms with Gasteiger partial charge in [-0.2, -0.15) is 0 Å². The van der Waals surface area contributed by atoms with Crippen molar-refractivity contribution in [2.45, 2.75) is 13.3 Å². The summed E-state index contributed by atoms with van der Waals surface area (Å²) in [5.41, 5.74) is 1.75. The molecule has 0 atom stereocenters. The number of aromatic nitrogens is 1. The Bertz CT molecular complexity index is 533. The molecule has 0 aliphatic rings. The van der Waals surface area contributed by atoms with E-state index in [4.69, 9.17) is 21.1 Å². The predicted octanol–water partition coefficient (Wildman–Crippen LogP) is 2.42. The van der Waals surface area contributed by atoms with Crippen molar-refractivity contribution >= 4 is 28.7 Å². The van der Waals surface area contributed by atoms with Gasteiger partial charge in [-0.05, 0) is 11.6 Å². The van der Waals surface area contributed by atoms with E-state index in [0.29, 0.717) is 27.6 Å². The molecule has 0 radical (unpaired) electrons. The first kappa shape index (κ1) is 9.98. The highest BCUT2D eigenvalue weighted by Crippen LogP contribution is 2.24. The largest absolute Gasteiger partial charge is 0.481 e. The lowest BCUT2D eigenvalue weighted by molar-refractivity contribution is -0.136. The first-order valence-electron chi connectivity index (χ1n) is 4.33. The third-order valence-electron chi connectivity index (χ3n) is 2.01. The molecule has 0 amide bonds. The maximum atomic E-state index is 10.6. The Balaban J connectivity index is 2.55. The van der Waals surface area contributed by atoms with Crippen LogP contribution in [0, 0.1) is 6.92 Å². The number of fused-ring (bicyclic) bond motifs is 1. The van der Waals surface area contributed by atoms with Gasteiger partial charge >= 0.3 is 5.97 Å². The van der Waals surface area contributed by atoms with Crippen molar-refractivity contribution in [3.63, 3.8) is 0 Å². The van der Waals surface area contributed by atoms with Crippen molar-refractivity contribution < 1.29 is 14.3 Å². The number of carbonyl (C=O) groups is 1. The van der Waals surface area contributed by atoms with Crippen molar-refractivity contribution in [3.05, 3.63) is 28.6 Å². The normalized spacial score (nSPS) is 10.8. The number of aliphatic carboxylic acids is 1. The molecule has 1 aromatic heterocycles. The van der Waals surface area contributed by atoms with Crippen LogP contribution in [0.3, 0.4) is 0 Å². The fraction of sp³-hybridized carbons (Fsp3) is 0.200. The standard InChI is InChI=1S/C10H8ClNO3/c1-5-12-8-2-6(3-10(13)14)7(11)4-9(8)15-5/h2,4H,3H2,1H3,(H,13,14). The number of hydrogen-bond acceptors (Lipinski definition) is 3. The molecule has 0 fully saturated rings. The predicted molar refractivity (Wildman–Crippen MR) is 55.1 cm³/mol. The second kappa shape index (κ2) is 3.55. The van der Waals surface area contributed by atoms with Gasteiger partial charge in [0.25, 0.3) is 0 Å². The highest BCUT2D eigenvalue weighted by atomic mass is 35.5. The first-order valence-corrected chi connectivity index (χ1v) is 4.71. The summed E-state index contributed by atoms with van der Waals surface area (Å²) in [4.78, 5) is 14.7. The maximum Gasteiger partial charge on any atom is 0.307 e. The number of nitrogens with zero attached hydrogens (tertiary/aromatic N) is 1. The van der Waals surface area contributed by atoms with Crippen LogP contribution in [-0.4, -0.2) is 16.1 Å². The van der Waals surface area contributed by atoms with Crippen LogP contribution in [0.4, 0.5) is 0 Å². The van der Waals surface area contributed by atoms with Crippen molar-refractivity contribution in [1.82, 2.24) is 4.98 Å². The van der Waals surface area contributed by atoms with Crippen LogP contribution < -0.4 is 0 Å². The Morgan fingerprint density at radius 2 is 2.33 bits per heavy atom. The van der Waals surface area contributed by atoms with Crippen molar-refractivity contribution in [2.24, 2.45) is 0 Å². The van der Waals surface area contributed by atoms with Crippen LogP contribution >= 0.6 is 11.6 Å². The summed E-state index contributed by atoms with van der Waals surface area (Å²) in [5.74, 6) is -0.384. The van der Waals surface area contributed by atoms with Crippen molar-refractivity contribution in [2.75, 3.05) is 0 Å². The molecule has 0 spiro atoms. The summed E-state index contributed by atoms with van der Waals surface area (Å²) in [6, 6.07) is 3.23. The number of hydrogen-bond donors (Lipinski definition) is 1. The van der Waals surface area contributed by atoms with E-state index < -0.39 is 5.97 Å². The molecular formula is C10H8ClNO3. The number of carboxylic acid groups (broad SMARTS) is 1. The van der Waals surface area contributed by atoms with E-state index in [1.54, 1.807) is 19.1 Å². The fourth-order valence-corrected chi connectivity index (χ4v) is 1.63. The average molecular weight is 226 g/mol. The molecular weight excluding hydrogens is 218 g/mol. The lowest BCUT2D eigenvalue weighted by Gasteiger charge is -1.99. The third-order valence-corrected chi connectivity index (χ3v) is 2.36. The smallest absolute Gasteiger partial charge is 0.307 e. The van der Waals surface area contributed by atoms with Crippen LogP contribution in [0.5, 0.6) is 0 Å². The average Bonchev–Trinajstić information content (AvgIpc) is 2.44. The van der Waals surface area contributed by atoms with Crippen molar-refractivity contribution in [1.29, 1.82) is 0 Å². The van der Waals surface area contributed by atoms with E-state index in [-0.39, 0.29) is 6.42 Å². The molecule has 0 saturated heterocycles. The van der Waals surface area contributed by atoms with Gasteiger partial charge in [0.1, 0.15) is 5.52 Å². The highest BCUT2D eigenvalue weighted by molar-refractivity contribution is 6.32. The summed E-state index contributed by atoms with van der Waals surface area (Å²) in [7, 11) is 0. The Labute approximate surface area is 90.5 Å². The first-order chi connectivity index (χ1) is 7.06. The highest BCUT2D eigenvalue weighted by Gasteiger charge is 2.10. The van der Waals surface area contributed by atoms with Gasteiger partial charge in [0, 0.05) is 18.0 Å². The van der Waals surface area contributed by atoms with Gasteiger partial charge in [-0.15, -0.1) is 0 Å². The molecule has 1 heterocycles. The topological polar surface area (TPSA) is 63.3 Å². The zero-order chi connectivity index (χ0) is 11.0. The van der Waals surface area contributed by atoms with E-state index in [0.717, 1.165) is 0 Å². The van der Waals surface area contributed by atoms with E-state index in [9.17, 15) is 4.79 Å². The molecule has 1 N–H and O–H groups in total. The second-order valence-electron chi connectivity index (χ2n) is 3.21. The zero-order valence-corrected chi connectivity index (χ0v) is 8.71. The number of benzene rings is 1. The van der Waals surface area contributed by atoms with Gasteiger partial charge in [-0.1, -0.05) is 11.6 Å². The Kier molecular flexibility index (Phi) is 2.36. The summed E-state index contributed by atoms with van der Waals surface area (Å²) in [5, 5.41) is 9.06. The Hall–Kier alpha value is -1.55. The summed E-state index contributed by atoms with van der Waals surface area (Å²) < 4.78 is 5.27. The zero-order valence-electron chi connectivity index (χ0n) is 7.95. The summed E-state index contributed by atoms with van der Waals surface area (Å²) in [6.45, 7) is 1.73. The quantitative estimate of drug-likeness (QED) is 0.853. The van der Waals surface area contributed by atoms with Gasteiger partial charge in [-0.25, -0.2) is 4.98 Å². The molecule has 0 aliphatic heterocycles. The fourth-order valence-electron chi connectivity index (χ4n) is 1.41. The monoisotopic (exact) mass is 225 g/mol. The number of oxazole rings is 1. The van der Waals surface area contributed by atoms with Crippen LogP contribution in [-0.2, 0) is 11.2 Å². The van der Waals surface area contributed by atoms with Crippen LogP contribution in [0.25, 0.3) is 11.1 Å². The van der Waals surface area contributed by atoms with E-state index in [1.807, 2.05) is 0 Å². The minimum atomic E-state index is -0.920. The van der Waals surface area contributed by atoms with Crippen LogP contribution in [0.1, 0.15) is 11.5 Å². The van der Waals surface area contributed by atoms with Gasteiger partial charge in [0.2, 0.25) is 0 Å². The van der Waals surface area contributed by atoms with Gasteiger partial charge in [0.05, 0.1) is 6.42 Å². The SMILES string of the molecule is Cc1nc2cc(CC(=O)O)c(Cl)cc2o1. The minimum Gasteiger partial charge on any atom is -0.481 e. The molecule has 1 aromatic carbocycles. The molecule has 2 aromatic rings. The van der Waals surface area contributed by atoms with E-state index >= 15 is 0 Å². The Morgan fingerprint density at radius 1 is 1.60 bits per heavy atom. The second-order valence-corrected chi connectivity index (χ2v) is 3.62. The van der Waals surface area contributed by atoms with Crippen LogP contribution in [0.2, 0.25) is 5.02 Å². The molecule has 2 rings (SSSR count). The summed E-state index contributed by atoms with van der Waals surface area (Å²) >= 11 is 5.91. The molecule has 0 unspecified atom stereocenters. The molecule has 0 saturated carbocycles. The number of rotatable bonds is 2. The molecule has 4 nitrogen and oxygen atoms in total. The van der Waals surface area contributed by atoms with E-state index in [1.165, 1.54) is 0 Å². The molecule has 15 heavy (non-hydrogen) atoms. The van der Waals surface area contributed by atoms with E-state index in [2.05, 4.69) is 4.98 Å². The Morgan fingerprint density at radius 3 is 3.00 bits per heavy atom. The van der Waals surface area contributed by atoms with Gasteiger partial charge in [-0.3, -0.25) is 4.79 Å². The van der Waals surface area contributed by atoms with Gasteiger partial charge in [0.15, 0.2) is 11.5 Å². The lowest BCUT2D eigenvalue weighted by atomic mass is 10.1. The third kappa shape index (κ3) is 1.94. The minimum absolute atomic E-state index is 0.110. The molecule has 78 valence electrons. The molecule has 0 aliphatic carbocycles. The van der Waals surface area contributed by atoms with Crippen molar-refractivity contribution in [3.8, 4) is 0 Å². The van der Waals surface area contributed by atoms with Crippen LogP contribution in [0.15, 0.2) is 16.5 Å². The van der Waals surface area contributed by atoms with Gasteiger partial charge < -0.3 is 9.52 Å². The number of aryl methyl sites for hydroxylation is 1. The maximum absolute atomic E-state index is 10.6.